The molecule has 0 aromatic heterocycles. The van der Waals surface area contributed by atoms with Crippen molar-refractivity contribution in [3.8, 4) is 0 Å². The topological polar surface area (TPSA) is 156 Å². The van der Waals surface area contributed by atoms with E-state index in [9.17, 15) is 19.2 Å². The molecule has 0 aromatic carbocycles. The van der Waals surface area contributed by atoms with Crippen molar-refractivity contribution in [1.29, 1.82) is 0 Å². The highest BCUT2D eigenvalue weighted by Gasteiger charge is 2.36. The highest BCUT2D eigenvalue weighted by atomic mass is 16.4. The maximum atomic E-state index is 12.2. The molecule has 22 heavy (non-hydrogen) atoms. The molecular weight excluding hydrogens is 292 g/mol. The highest BCUT2D eigenvalue weighted by Crippen LogP contribution is 2.18. The molecule has 0 spiro atoms. The van der Waals surface area contributed by atoms with E-state index in [1.807, 2.05) is 0 Å². The van der Waals surface area contributed by atoms with Crippen LogP contribution in [-0.2, 0) is 19.2 Å². The zero-order valence-electron chi connectivity index (χ0n) is 12.4. The van der Waals surface area contributed by atoms with E-state index in [0.717, 1.165) is 0 Å². The van der Waals surface area contributed by atoms with Crippen LogP contribution in [0.3, 0.4) is 0 Å². The molecule has 1 fully saturated rings. The van der Waals surface area contributed by atoms with Crippen LogP contribution in [0.15, 0.2) is 0 Å². The molecule has 6 N–H and O–H groups in total. The Labute approximate surface area is 128 Å². The summed E-state index contributed by atoms with van der Waals surface area (Å²) in [7, 11) is 0. The fraction of sp³-hybridized carbons (Fsp3) is 0.692. The zero-order valence-corrected chi connectivity index (χ0v) is 12.4. The number of amides is 3. The number of carboxylic acids is 1. The Morgan fingerprint density at radius 2 is 2.00 bits per heavy atom. The summed E-state index contributed by atoms with van der Waals surface area (Å²) < 4.78 is 0. The van der Waals surface area contributed by atoms with Crippen molar-refractivity contribution in [3.05, 3.63) is 0 Å². The number of likely N-dealkylation sites (tertiary alicyclic amines) is 1. The number of carbonyl (C=O) groups is 4. The molecule has 9 nitrogen and oxygen atoms in total. The van der Waals surface area contributed by atoms with Gasteiger partial charge in [-0.15, -0.1) is 0 Å². The van der Waals surface area contributed by atoms with Gasteiger partial charge in [0, 0.05) is 13.0 Å². The first-order valence-electron chi connectivity index (χ1n) is 7.11. The quantitative estimate of drug-likeness (QED) is 0.432. The average molecular weight is 314 g/mol. The van der Waals surface area contributed by atoms with Gasteiger partial charge in [-0.3, -0.25) is 14.4 Å². The number of carbonyl (C=O) groups excluding carboxylic acids is 3. The van der Waals surface area contributed by atoms with Crippen LogP contribution in [0.25, 0.3) is 0 Å². The number of rotatable bonds is 7. The number of carboxylic acid groups (broad SMARTS) is 1. The number of aliphatic carboxylic acids is 1. The van der Waals surface area contributed by atoms with E-state index in [1.165, 1.54) is 11.8 Å². The Morgan fingerprint density at radius 3 is 2.55 bits per heavy atom. The summed E-state index contributed by atoms with van der Waals surface area (Å²) in [6.07, 6.45) is 1.08. The van der Waals surface area contributed by atoms with Crippen molar-refractivity contribution in [2.45, 2.75) is 50.7 Å². The number of primary amides is 1. The van der Waals surface area contributed by atoms with Gasteiger partial charge >= 0.3 is 5.97 Å². The number of nitrogens with two attached hydrogens (primary N) is 2. The van der Waals surface area contributed by atoms with Crippen molar-refractivity contribution in [2.75, 3.05) is 6.54 Å². The van der Waals surface area contributed by atoms with Gasteiger partial charge in [0.05, 0.1) is 6.04 Å². The van der Waals surface area contributed by atoms with Crippen molar-refractivity contribution < 1.29 is 24.3 Å². The average Bonchev–Trinajstić information content (AvgIpc) is 2.92. The smallest absolute Gasteiger partial charge is 0.326 e. The predicted octanol–water partition coefficient (Wildman–Crippen LogP) is -1.84. The molecule has 3 atom stereocenters. The molecule has 0 aliphatic carbocycles. The largest absolute Gasteiger partial charge is 0.480 e. The van der Waals surface area contributed by atoms with Crippen LogP contribution in [0.4, 0.5) is 0 Å². The molecule has 1 heterocycles. The van der Waals surface area contributed by atoms with E-state index in [4.69, 9.17) is 16.6 Å². The number of hydrogen-bond acceptors (Lipinski definition) is 5. The fourth-order valence-corrected chi connectivity index (χ4v) is 2.35. The van der Waals surface area contributed by atoms with Gasteiger partial charge in [0.25, 0.3) is 0 Å². The van der Waals surface area contributed by atoms with Gasteiger partial charge in [0.2, 0.25) is 17.7 Å². The second kappa shape index (κ2) is 7.74. The second-order valence-corrected chi connectivity index (χ2v) is 5.37. The van der Waals surface area contributed by atoms with Crippen molar-refractivity contribution in [1.82, 2.24) is 10.2 Å². The minimum atomic E-state index is -1.05. The molecule has 1 aliphatic heterocycles. The SMILES string of the molecule is C[C@H](NC(=O)[C@@H](N)CCC(N)=O)C(=O)N1CCC[C@@H]1C(=O)O. The van der Waals surface area contributed by atoms with Gasteiger partial charge < -0.3 is 26.8 Å². The lowest BCUT2D eigenvalue weighted by molar-refractivity contribution is -0.149. The maximum Gasteiger partial charge on any atom is 0.326 e. The lowest BCUT2D eigenvalue weighted by Gasteiger charge is -2.26. The second-order valence-electron chi connectivity index (χ2n) is 5.37. The predicted molar refractivity (Wildman–Crippen MR) is 76.4 cm³/mol. The molecule has 0 aromatic rings. The Morgan fingerprint density at radius 1 is 1.36 bits per heavy atom. The third-order valence-electron chi connectivity index (χ3n) is 3.59. The molecule has 0 unspecified atom stereocenters. The summed E-state index contributed by atoms with van der Waals surface area (Å²) in [5.74, 6) is -2.65. The minimum Gasteiger partial charge on any atom is -0.480 e. The summed E-state index contributed by atoms with van der Waals surface area (Å²) >= 11 is 0. The van der Waals surface area contributed by atoms with Crippen LogP contribution in [0.5, 0.6) is 0 Å². The summed E-state index contributed by atoms with van der Waals surface area (Å²) in [6, 6.07) is -2.68. The summed E-state index contributed by atoms with van der Waals surface area (Å²) in [5, 5.41) is 11.5. The summed E-state index contributed by atoms with van der Waals surface area (Å²) in [5.41, 5.74) is 10.6. The molecule has 9 heteroatoms. The van der Waals surface area contributed by atoms with Gasteiger partial charge in [-0.2, -0.15) is 0 Å². The van der Waals surface area contributed by atoms with Crippen LogP contribution in [0, 0.1) is 0 Å². The maximum absolute atomic E-state index is 12.2. The molecule has 0 radical (unpaired) electrons. The van der Waals surface area contributed by atoms with Gasteiger partial charge in [0.15, 0.2) is 0 Å². The van der Waals surface area contributed by atoms with E-state index >= 15 is 0 Å². The van der Waals surface area contributed by atoms with Crippen LogP contribution in [0.2, 0.25) is 0 Å². The molecule has 3 amide bonds. The van der Waals surface area contributed by atoms with E-state index in [1.54, 1.807) is 0 Å². The number of hydrogen-bond donors (Lipinski definition) is 4. The minimum absolute atomic E-state index is 0.0237. The van der Waals surface area contributed by atoms with Gasteiger partial charge in [-0.1, -0.05) is 0 Å². The first kappa shape index (κ1) is 17.9. The molecule has 0 bridgehead atoms. The van der Waals surface area contributed by atoms with Crippen LogP contribution in [-0.4, -0.2) is 58.4 Å². The lowest BCUT2D eigenvalue weighted by atomic mass is 10.1. The van der Waals surface area contributed by atoms with E-state index in [2.05, 4.69) is 5.32 Å². The fourth-order valence-electron chi connectivity index (χ4n) is 2.35. The Balaban J connectivity index is 2.54. The molecular formula is C13H22N4O5. The van der Waals surface area contributed by atoms with E-state index in [-0.39, 0.29) is 12.8 Å². The molecule has 0 saturated carbocycles. The molecule has 124 valence electrons. The Hall–Kier alpha value is -2.16. The third-order valence-corrected chi connectivity index (χ3v) is 3.59. The van der Waals surface area contributed by atoms with Gasteiger partial charge in [-0.05, 0) is 26.2 Å². The molecule has 1 aliphatic rings. The van der Waals surface area contributed by atoms with Crippen LogP contribution < -0.4 is 16.8 Å². The normalized spacial score (nSPS) is 20.3. The van der Waals surface area contributed by atoms with Crippen molar-refractivity contribution in [3.63, 3.8) is 0 Å². The lowest BCUT2D eigenvalue weighted by Crippen LogP contribution is -2.53. The number of nitrogens with one attached hydrogen (secondary N) is 1. The summed E-state index contributed by atoms with van der Waals surface area (Å²) in [6.45, 7) is 1.82. The van der Waals surface area contributed by atoms with Crippen LogP contribution in [0.1, 0.15) is 32.6 Å². The monoisotopic (exact) mass is 314 g/mol. The van der Waals surface area contributed by atoms with E-state index < -0.39 is 41.8 Å². The van der Waals surface area contributed by atoms with Crippen molar-refractivity contribution in [2.24, 2.45) is 11.5 Å². The summed E-state index contributed by atoms with van der Waals surface area (Å²) in [4.78, 5) is 47.0. The third kappa shape index (κ3) is 4.69. The van der Waals surface area contributed by atoms with Gasteiger partial charge in [-0.25, -0.2) is 4.79 Å². The molecule has 1 saturated heterocycles. The highest BCUT2D eigenvalue weighted by molar-refractivity contribution is 5.92. The molecule has 1 rings (SSSR count). The number of nitrogens with zero attached hydrogens (tertiary/aromatic N) is 1. The van der Waals surface area contributed by atoms with Gasteiger partial charge in [0.1, 0.15) is 12.1 Å². The zero-order chi connectivity index (χ0) is 16.9. The Bertz CT molecular complexity index is 467. The Kier molecular flexibility index (Phi) is 6.29. The first-order valence-corrected chi connectivity index (χ1v) is 7.11. The van der Waals surface area contributed by atoms with E-state index in [0.29, 0.717) is 19.4 Å². The first-order chi connectivity index (χ1) is 10.2. The standard InChI is InChI=1S/C13H22N4O5/c1-7(16-11(19)8(14)4-5-10(15)18)12(20)17-6-2-3-9(17)13(21)22/h7-9H,2-6,14H2,1H3,(H2,15,18)(H,16,19)(H,21,22)/t7-,8-,9+/m0/s1. The van der Waals surface area contributed by atoms with Crippen molar-refractivity contribution >= 4 is 23.7 Å². The van der Waals surface area contributed by atoms with Crippen LogP contribution >= 0.6 is 0 Å².